The van der Waals surface area contributed by atoms with Gasteiger partial charge in [0.2, 0.25) is 5.91 Å². The lowest BCUT2D eigenvalue weighted by atomic mass is 9.94. The number of nitrogens with zero attached hydrogens (tertiary/aromatic N) is 2. The highest BCUT2D eigenvalue weighted by molar-refractivity contribution is 5.98. The number of anilines is 2. The number of amides is 1. The zero-order chi connectivity index (χ0) is 27.2. The van der Waals surface area contributed by atoms with E-state index in [0.29, 0.717) is 47.6 Å². The van der Waals surface area contributed by atoms with Gasteiger partial charge in [0.25, 0.3) is 0 Å². The lowest BCUT2D eigenvalue weighted by Gasteiger charge is -2.23. The van der Waals surface area contributed by atoms with Gasteiger partial charge in [0.05, 0.1) is 11.6 Å². The van der Waals surface area contributed by atoms with Crippen molar-refractivity contribution >= 4 is 42.2 Å². The highest BCUT2D eigenvalue weighted by atomic mass is 19.1. The monoisotopic (exact) mass is 511 g/mol. The van der Waals surface area contributed by atoms with Gasteiger partial charge in [-0.15, -0.1) is 0 Å². The summed E-state index contributed by atoms with van der Waals surface area (Å²) in [5.74, 6) is -0.195. The van der Waals surface area contributed by atoms with Gasteiger partial charge in [0, 0.05) is 36.2 Å². The van der Waals surface area contributed by atoms with Gasteiger partial charge in [-0.1, -0.05) is 13.0 Å². The number of aliphatic imine (C=N–C) groups is 1. The lowest BCUT2D eigenvalue weighted by molar-refractivity contribution is -0.119. The van der Waals surface area contributed by atoms with Crippen LogP contribution in [0.1, 0.15) is 32.6 Å². The molecule has 0 aromatic heterocycles. The van der Waals surface area contributed by atoms with Gasteiger partial charge in [0.1, 0.15) is 30.3 Å². The SMILES string of the molecule is C=c1cc(OCCN(C)C)cc(F)/c1=C(/N=C\C)Nc1ccc(NC(=O)CC=O)cc1.CNC1CCC1. The summed E-state index contributed by atoms with van der Waals surface area (Å²) >= 11 is 0. The van der Waals surface area contributed by atoms with Crippen LogP contribution in [0.2, 0.25) is 0 Å². The summed E-state index contributed by atoms with van der Waals surface area (Å²) in [4.78, 5) is 28.1. The fraction of sp³-hybridized carbons (Fsp3) is 0.393. The standard InChI is InChI=1S/C23H27FN4O3.C5H11N/c1-5-25-23(27-18-8-6-17(7-9-18)26-21(30)10-12-29)22-16(2)14-19(15-20(22)24)31-13-11-28(3)4;1-6-5-3-2-4-5/h5-9,12,14-15,27H,2,10-11,13H2,1,3-4H3,(H,26,30);5-6H,2-4H2,1H3/b23-22-,25-5-;. The third-order valence-electron chi connectivity index (χ3n) is 5.66. The first-order valence-corrected chi connectivity index (χ1v) is 12.3. The fourth-order valence-corrected chi connectivity index (χ4v) is 3.38. The zero-order valence-electron chi connectivity index (χ0n) is 22.1. The number of ether oxygens (including phenoxy) is 1. The van der Waals surface area contributed by atoms with Crippen molar-refractivity contribution in [1.82, 2.24) is 10.2 Å². The number of nitrogens with one attached hydrogen (secondary N) is 3. The van der Waals surface area contributed by atoms with E-state index < -0.39 is 11.7 Å². The average molecular weight is 512 g/mol. The van der Waals surface area contributed by atoms with Crippen LogP contribution >= 0.6 is 0 Å². The Morgan fingerprint density at radius 1 is 1.19 bits per heavy atom. The van der Waals surface area contributed by atoms with E-state index in [4.69, 9.17) is 4.74 Å². The Bertz CT molecular complexity index is 1160. The molecule has 0 atom stereocenters. The zero-order valence-corrected chi connectivity index (χ0v) is 22.1. The molecule has 0 heterocycles. The number of benzene rings is 2. The predicted molar refractivity (Wildman–Crippen MR) is 149 cm³/mol. The lowest BCUT2D eigenvalue weighted by Crippen LogP contribution is -2.31. The second-order valence-corrected chi connectivity index (χ2v) is 8.86. The van der Waals surface area contributed by atoms with Crippen LogP contribution in [0, 0.1) is 5.82 Å². The summed E-state index contributed by atoms with van der Waals surface area (Å²) in [5.41, 5.74) is 1.18. The Morgan fingerprint density at radius 2 is 1.84 bits per heavy atom. The first-order valence-electron chi connectivity index (χ1n) is 12.3. The van der Waals surface area contributed by atoms with Crippen molar-refractivity contribution in [3.05, 3.63) is 52.7 Å². The minimum absolute atomic E-state index is 0.205. The third kappa shape index (κ3) is 10.1. The normalized spacial score (nSPS) is 13.9. The van der Waals surface area contributed by atoms with Crippen LogP contribution in [-0.2, 0) is 9.59 Å². The molecule has 0 spiro atoms. The molecular formula is C28H38FN5O3. The molecule has 1 amide bonds. The van der Waals surface area contributed by atoms with Gasteiger partial charge >= 0.3 is 0 Å². The molecule has 0 bridgehead atoms. The van der Waals surface area contributed by atoms with Gasteiger partial charge in [-0.25, -0.2) is 9.38 Å². The van der Waals surface area contributed by atoms with Crippen LogP contribution in [-0.4, -0.2) is 63.6 Å². The van der Waals surface area contributed by atoms with E-state index in [1.165, 1.54) is 25.3 Å². The highest BCUT2D eigenvalue weighted by Crippen LogP contribution is 2.17. The Hall–Kier alpha value is -3.56. The van der Waals surface area contributed by atoms with Gasteiger partial charge in [-0.3, -0.25) is 4.79 Å². The quantitative estimate of drug-likeness (QED) is 0.244. The molecule has 3 rings (SSSR count). The first kappa shape index (κ1) is 29.7. The molecule has 8 nitrogen and oxygen atoms in total. The Labute approximate surface area is 218 Å². The number of halogens is 1. The molecule has 1 aliphatic carbocycles. The maximum absolute atomic E-state index is 14.9. The first-order chi connectivity index (χ1) is 17.8. The summed E-state index contributed by atoms with van der Waals surface area (Å²) in [5, 5.41) is 9.57. The van der Waals surface area contributed by atoms with E-state index in [2.05, 4.69) is 27.5 Å². The summed E-state index contributed by atoms with van der Waals surface area (Å²) in [7, 11) is 5.90. The van der Waals surface area contributed by atoms with E-state index >= 15 is 0 Å². The maximum Gasteiger partial charge on any atom is 0.231 e. The number of hydrogen-bond acceptors (Lipinski definition) is 7. The van der Waals surface area contributed by atoms with Crippen molar-refractivity contribution in [2.45, 2.75) is 38.6 Å². The number of aldehydes is 1. The number of hydrogen-bond donors (Lipinski definition) is 3. The summed E-state index contributed by atoms with van der Waals surface area (Å²) in [6.07, 6.45) is 6.12. The van der Waals surface area contributed by atoms with E-state index in [-0.39, 0.29) is 11.6 Å². The van der Waals surface area contributed by atoms with E-state index in [1.807, 2.05) is 26.0 Å². The third-order valence-corrected chi connectivity index (χ3v) is 5.66. The van der Waals surface area contributed by atoms with Gasteiger partial charge in [-0.05, 0) is 76.5 Å². The van der Waals surface area contributed by atoms with Crippen molar-refractivity contribution in [1.29, 1.82) is 0 Å². The van der Waals surface area contributed by atoms with Crippen molar-refractivity contribution in [3.8, 4) is 5.75 Å². The molecule has 2 aromatic carbocycles. The molecule has 200 valence electrons. The van der Waals surface area contributed by atoms with Gasteiger partial charge in [-0.2, -0.15) is 0 Å². The molecule has 0 unspecified atom stereocenters. The van der Waals surface area contributed by atoms with Crippen LogP contribution in [0.25, 0.3) is 12.4 Å². The molecular weight excluding hydrogens is 473 g/mol. The number of rotatable bonds is 11. The van der Waals surface area contributed by atoms with Gasteiger partial charge in [0.15, 0.2) is 0 Å². The second kappa shape index (κ2) is 15.5. The van der Waals surface area contributed by atoms with Crippen molar-refractivity contribution in [3.63, 3.8) is 0 Å². The molecule has 0 radical (unpaired) electrons. The van der Waals surface area contributed by atoms with Crippen LogP contribution in [0.5, 0.6) is 5.75 Å². The van der Waals surface area contributed by atoms with E-state index in [1.54, 1.807) is 43.5 Å². The van der Waals surface area contributed by atoms with E-state index in [0.717, 1.165) is 6.04 Å². The molecule has 0 aliphatic heterocycles. The minimum atomic E-state index is -0.502. The van der Waals surface area contributed by atoms with E-state index in [9.17, 15) is 14.0 Å². The molecule has 1 fully saturated rings. The molecule has 1 saturated carbocycles. The van der Waals surface area contributed by atoms with Crippen molar-refractivity contribution < 1.29 is 18.7 Å². The summed E-state index contributed by atoms with van der Waals surface area (Å²) in [6, 6.07) is 10.6. The molecule has 2 aromatic rings. The predicted octanol–water partition coefficient (Wildman–Crippen LogP) is 2.73. The Kier molecular flexibility index (Phi) is 12.5. The van der Waals surface area contributed by atoms with Crippen molar-refractivity contribution in [2.24, 2.45) is 4.99 Å². The largest absolute Gasteiger partial charge is 0.492 e. The van der Waals surface area contributed by atoms with Gasteiger partial charge < -0.3 is 30.4 Å². The smallest absolute Gasteiger partial charge is 0.231 e. The number of carbonyl (C=O) groups excluding carboxylic acids is 2. The van der Waals surface area contributed by atoms with Crippen LogP contribution < -0.4 is 31.1 Å². The number of likely N-dealkylation sites (N-methyl/N-ethyl adjacent to an activating group) is 1. The summed E-state index contributed by atoms with van der Waals surface area (Å²) in [6.45, 7) is 6.82. The molecule has 3 N–H and O–H groups in total. The van der Waals surface area contributed by atoms with Crippen molar-refractivity contribution in [2.75, 3.05) is 44.9 Å². The molecule has 9 heteroatoms. The Morgan fingerprint density at radius 3 is 2.30 bits per heavy atom. The average Bonchev–Trinajstić information content (AvgIpc) is 2.80. The molecule has 1 aliphatic rings. The topological polar surface area (TPSA) is 95.1 Å². The van der Waals surface area contributed by atoms with Crippen LogP contribution in [0.4, 0.5) is 15.8 Å². The molecule has 0 saturated heterocycles. The summed E-state index contributed by atoms with van der Waals surface area (Å²) < 4.78 is 20.5. The highest BCUT2D eigenvalue weighted by Gasteiger charge is 2.13. The second-order valence-electron chi connectivity index (χ2n) is 8.86. The minimum Gasteiger partial charge on any atom is -0.492 e. The number of carbonyl (C=O) groups is 2. The Balaban J connectivity index is 0.000000700. The van der Waals surface area contributed by atoms with Crippen LogP contribution in [0.15, 0.2) is 41.4 Å². The molecule has 37 heavy (non-hydrogen) atoms. The van der Waals surface area contributed by atoms with Crippen LogP contribution in [0.3, 0.4) is 0 Å². The fourth-order valence-electron chi connectivity index (χ4n) is 3.38. The maximum atomic E-state index is 14.9.